The Labute approximate surface area is 131 Å². The zero-order chi connectivity index (χ0) is 14.4. The molecule has 0 fully saturated rings. The SMILES string of the molecule is CC1(S(=O)(=O)n2ccc3cccnc32)C=CC=C(I)C1. The summed E-state index contributed by atoms with van der Waals surface area (Å²) in [4.78, 5) is 4.20. The lowest BCUT2D eigenvalue weighted by atomic mass is 10.0. The van der Waals surface area contributed by atoms with Crippen LogP contribution in [0.4, 0.5) is 0 Å². The second-order valence-electron chi connectivity index (χ2n) is 4.99. The summed E-state index contributed by atoms with van der Waals surface area (Å²) in [5.41, 5.74) is 0.478. The molecule has 0 aliphatic heterocycles. The zero-order valence-electron chi connectivity index (χ0n) is 10.8. The molecule has 0 saturated heterocycles. The number of allylic oxidation sites excluding steroid dienone is 3. The first-order valence-electron chi connectivity index (χ1n) is 6.15. The molecule has 6 heteroatoms. The summed E-state index contributed by atoms with van der Waals surface area (Å²) in [5.74, 6) is 0. The number of halogens is 1. The van der Waals surface area contributed by atoms with Crippen molar-refractivity contribution in [1.82, 2.24) is 8.96 Å². The van der Waals surface area contributed by atoms with Crippen LogP contribution in [0.5, 0.6) is 0 Å². The fourth-order valence-corrected chi connectivity index (χ4v) is 5.25. The molecule has 2 aromatic heterocycles. The maximum atomic E-state index is 13.0. The molecule has 0 saturated carbocycles. The van der Waals surface area contributed by atoms with Gasteiger partial charge in [0.1, 0.15) is 4.75 Å². The van der Waals surface area contributed by atoms with Crippen molar-refractivity contribution in [2.45, 2.75) is 18.1 Å². The molecule has 0 radical (unpaired) electrons. The summed E-state index contributed by atoms with van der Waals surface area (Å²) in [6, 6.07) is 5.43. The Hall–Kier alpha value is -1.15. The van der Waals surface area contributed by atoms with Crippen LogP contribution in [-0.2, 0) is 10.0 Å². The molecule has 0 bridgehead atoms. The van der Waals surface area contributed by atoms with Crippen molar-refractivity contribution in [1.29, 1.82) is 0 Å². The van der Waals surface area contributed by atoms with E-state index in [2.05, 4.69) is 27.6 Å². The Balaban J connectivity index is 2.18. The number of aromatic nitrogens is 2. The second-order valence-corrected chi connectivity index (χ2v) is 8.66. The minimum absolute atomic E-state index is 0.478. The van der Waals surface area contributed by atoms with Gasteiger partial charge in [0, 0.05) is 24.2 Å². The molecule has 2 heterocycles. The van der Waals surface area contributed by atoms with Crippen LogP contribution in [0.15, 0.2) is 52.4 Å². The molecule has 1 aliphatic carbocycles. The van der Waals surface area contributed by atoms with Crippen molar-refractivity contribution in [3.8, 4) is 0 Å². The summed E-state index contributed by atoms with van der Waals surface area (Å²) in [5, 5.41) is 0.824. The normalized spacial score (nSPS) is 23.0. The van der Waals surface area contributed by atoms with Gasteiger partial charge in [-0.25, -0.2) is 17.4 Å². The summed E-state index contributed by atoms with van der Waals surface area (Å²) in [6.07, 6.45) is 9.16. The van der Waals surface area contributed by atoms with Crippen molar-refractivity contribution >= 4 is 43.6 Å². The quantitative estimate of drug-likeness (QED) is 0.728. The van der Waals surface area contributed by atoms with Crippen LogP contribution in [-0.4, -0.2) is 22.1 Å². The molecule has 1 atom stereocenters. The highest BCUT2D eigenvalue weighted by Crippen LogP contribution is 2.35. The number of fused-ring (bicyclic) bond motifs is 1. The molecule has 0 N–H and O–H groups in total. The maximum Gasteiger partial charge on any atom is 0.249 e. The zero-order valence-corrected chi connectivity index (χ0v) is 13.8. The first kappa shape index (κ1) is 13.8. The van der Waals surface area contributed by atoms with E-state index in [4.69, 9.17) is 0 Å². The number of hydrogen-bond donors (Lipinski definition) is 0. The summed E-state index contributed by atoms with van der Waals surface area (Å²) in [6.45, 7) is 1.75. The minimum atomic E-state index is -3.56. The van der Waals surface area contributed by atoms with Crippen molar-refractivity contribution in [3.63, 3.8) is 0 Å². The van der Waals surface area contributed by atoms with E-state index in [1.165, 1.54) is 3.97 Å². The lowest BCUT2D eigenvalue weighted by Gasteiger charge is -2.28. The molecular formula is C14H13IN2O2S. The first-order chi connectivity index (χ1) is 9.44. The van der Waals surface area contributed by atoms with E-state index in [0.717, 1.165) is 8.97 Å². The smallest absolute Gasteiger partial charge is 0.237 e. The average Bonchev–Trinajstić information content (AvgIpc) is 2.82. The highest BCUT2D eigenvalue weighted by atomic mass is 127. The van der Waals surface area contributed by atoms with Crippen LogP contribution < -0.4 is 0 Å². The van der Waals surface area contributed by atoms with Gasteiger partial charge in [0.25, 0.3) is 0 Å². The topological polar surface area (TPSA) is 52.0 Å². The van der Waals surface area contributed by atoms with Gasteiger partial charge in [-0.15, -0.1) is 0 Å². The highest BCUT2D eigenvalue weighted by Gasteiger charge is 2.40. The molecule has 1 aliphatic rings. The molecule has 2 aromatic rings. The predicted octanol–water partition coefficient (Wildman–Crippen LogP) is 3.25. The van der Waals surface area contributed by atoms with E-state index in [1.807, 2.05) is 18.2 Å². The van der Waals surface area contributed by atoms with Gasteiger partial charge < -0.3 is 0 Å². The van der Waals surface area contributed by atoms with Crippen LogP contribution in [0.3, 0.4) is 0 Å². The first-order valence-corrected chi connectivity index (χ1v) is 8.67. The molecule has 0 amide bonds. The third kappa shape index (κ3) is 2.01. The van der Waals surface area contributed by atoms with Gasteiger partial charge in [0.05, 0.1) is 0 Å². The van der Waals surface area contributed by atoms with Gasteiger partial charge in [0.15, 0.2) is 5.65 Å². The lowest BCUT2D eigenvalue weighted by Crippen LogP contribution is -2.38. The van der Waals surface area contributed by atoms with Crippen molar-refractivity contribution in [2.24, 2.45) is 0 Å². The Morgan fingerprint density at radius 3 is 2.95 bits per heavy atom. The minimum Gasteiger partial charge on any atom is -0.237 e. The van der Waals surface area contributed by atoms with Crippen molar-refractivity contribution in [2.75, 3.05) is 0 Å². The molecule has 0 aromatic carbocycles. The van der Waals surface area contributed by atoms with Crippen LogP contribution in [0, 0.1) is 0 Å². The lowest BCUT2D eigenvalue weighted by molar-refractivity contribution is 0.554. The Morgan fingerprint density at radius 2 is 2.20 bits per heavy atom. The van der Waals surface area contributed by atoms with Crippen LogP contribution >= 0.6 is 22.6 Å². The van der Waals surface area contributed by atoms with Crippen LogP contribution in [0.2, 0.25) is 0 Å². The monoisotopic (exact) mass is 400 g/mol. The van der Waals surface area contributed by atoms with E-state index < -0.39 is 14.8 Å². The third-order valence-electron chi connectivity index (χ3n) is 3.51. The molecular weight excluding hydrogens is 387 g/mol. The van der Waals surface area contributed by atoms with E-state index >= 15 is 0 Å². The van der Waals surface area contributed by atoms with Gasteiger partial charge in [-0.1, -0.05) is 18.2 Å². The van der Waals surface area contributed by atoms with E-state index in [1.54, 1.807) is 37.5 Å². The predicted molar refractivity (Wildman–Crippen MR) is 88.3 cm³/mol. The summed E-state index contributed by atoms with van der Waals surface area (Å²) < 4.78 is 27.3. The van der Waals surface area contributed by atoms with Gasteiger partial charge in [0.2, 0.25) is 10.0 Å². The second kappa shape index (κ2) is 4.70. The van der Waals surface area contributed by atoms with Crippen LogP contribution in [0.1, 0.15) is 13.3 Å². The van der Waals surface area contributed by atoms with Crippen molar-refractivity contribution < 1.29 is 8.42 Å². The summed E-state index contributed by atoms with van der Waals surface area (Å²) >= 11 is 2.18. The number of pyridine rings is 1. The maximum absolute atomic E-state index is 13.0. The van der Waals surface area contributed by atoms with E-state index in [0.29, 0.717) is 12.1 Å². The molecule has 0 spiro atoms. The molecule has 3 rings (SSSR count). The van der Waals surface area contributed by atoms with Gasteiger partial charge in [-0.05, 0) is 51.3 Å². The third-order valence-corrected chi connectivity index (χ3v) is 6.52. The Kier molecular flexibility index (Phi) is 3.24. The largest absolute Gasteiger partial charge is 0.249 e. The van der Waals surface area contributed by atoms with Gasteiger partial charge >= 0.3 is 0 Å². The number of nitrogens with zero attached hydrogens (tertiary/aromatic N) is 2. The molecule has 1 unspecified atom stereocenters. The molecule has 4 nitrogen and oxygen atoms in total. The number of rotatable bonds is 2. The fourth-order valence-electron chi connectivity index (χ4n) is 2.35. The average molecular weight is 400 g/mol. The standard InChI is InChI=1S/C14H13IN2O2S/c1-14(7-2-5-12(15)10-14)20(18,19)17-9-6-11-4-3-8-16-13(11)17/h2-9H,10H2,1H3. The van der Waals surface area contributed by atoms with Crippen LogP contribution in [0.25, 0.3) is 11.0 Å². The molecule has 104 valence electrons. The molecule has 20 heavy (non-hydrogen) atoms. The van der Waals surface area contributed by atoms with Crippen molar-refractivity contribution in [3.05, 3.63) is 52.4 Å². The Morgan fingerprint density at radius 1 is 1.40 bits per heavy atom. The van der Waals surface area contributed by atoms with E-state index in [-0.39, 0.29) is 0 Å². The van der Waals surface area contributed by atoms with Gasteiger partial charge in [-0.2, -0.15) is 0 Å². The van der Waals surface area contributed by atoms with Gasteiger partial charge in [-0.3, -0.25) is 0 Å². The highest BCUT2D eigenvalue weighted by molar-refractivity contribution is 14.1. The fraction of sp³-hybridized carbons (Fsp3) is 0.214. The van der Waals surface area contributed by atoms with E-state index in [9.17, 15) is 8.42 Å². The summed E-state index contributed by atoms with van der Waals surface area (Å²) in [7, 11) is -3.56. The number of hydrogen-bond acceptors (Lipinski definition) is 3. The Bertz CT molecular complexity index is 836.